The van der Waals surface area contributed by atoms with Crippen molar-refractivity contribution in [1.82, 2.24) is 0 Å². The predicted octanol–water partition coefficient (Wildman–Crippen LogP) is 5.80. The van der Waals surface area contributed by atoms with Crippen molar-refractivity contribution < 1.29 is 0 Å². The minimum atomic E-state index is -0.184. The molecule has 1 aromatic heterocycles. The van der Waals surface area contributed by atoms with Gasteiger partial charge in [-0.3, -0.25) is 0 Å². The normalized spacial score (nSPS) is 12.8. The van der Waals surface area contributed by atoms with Gasteiger partial charge in [0.05, 0.1) is 9.16 Å². The van der Waals surface area contributed by atoms with Crippen LogP contribution in [0.3, 0.4) is 0 Å². The molecule has 2 aromatic rings. The molecule has 0 spiro atoms. The molecule has 0 aliphatic rings. The summed E-state index contributed by atoms with van der Waals surface area (Å²) in [5.41, 5.74) is 2.07. The molecule has 0 bridgehead atoms. The van der Waals surface area contributed by atoms with E-state index in [1.165, 1.54) is 4.88 Å². The largest absolute Gasteiger partial charge is 0.133 e. The molecule has 0 saturated carbocycles. The van der Waals surface area contributed by atoms with Crippen LogP contribution in [-0.4, -0.2) is 0 Å². The Kier molecular flexibility index (Phi) is 3.96. The van der Waals surface area contributed by atoms with Crippen LogP contribution in [0.15, 0.2) is 34.1 Å². The Morgan fingerprint density at radius 2 is 1.94 bits per heavy atom. The number of alkyl halides is 1. The molecule has 1 unspecified atom stereocenters. The Morgan fingerprint density at radius 3 is 2.50 bits per heavy atom. The van der Waals surface area contributed by atoms with Gasteiger partial charge in [-0.15, -0.1) is 22.9 Å². The first kappa shape index (κ1) is 12.4. The Morgan fingerprint density at radius 1 is 1.25 bits per heavy atom. The molecule has 0 N–H and O–H groups in total. The first-order valence-electron chi connectivity index (χ1n) is 4.74. The SMILES string of the molecule is Cc1sc(Br)cc1C(Cl)c1ccccc1Cl. The van der Waals surface area contributed by atoms with E-state index in [-0.39, 0.29) is 5.38 Å². The zero-order valence-electron chi connectivity index (χ0n) is 8.51. The fourth-order valence-electron chi connectivity index (χ4n) is 1.56. The summed E-state index contributed by atoms with van der Waals surface area (Å²) in [4.78, 5) is 1.21. The summed E-state index contributed by atoms with van der Waals surface area (Å²) in [7, 11) is 0. The summed E-state index contributed by atoms with van der Waals surface area (Å²) in [6, 6.07) is 9.74. The van der Waals surface area contributed by atoms with Crippen LogP contribution in [0.5, 0.6) is 0 Å². The van der Waals surface area contributed by atoms with E-state index in [4.69, 9.17) is 23.2 Å². The van der Waals surface area contributed by atoms with Gasteiger partial charge in [0.1, 0.15) is 0 Å². The maximum Gasteiger partial charge on any atom is 0.0860 e. The number of aryl methyl sites for hydroxylation is 1. The van der Waals surface area contributed by atoms with Crippen LogP contribution in [-0.2, 0) is 0 Å². The van der Waals surface area contributed by atoms with Gasteiger partial charge in [-0.25, -0.2) is 0 Å². The predicted molar refractivity (Wildman–Crippen MR) is 75.9 cm³/mol. The van der Waals surface area contributed by atoms with Gasteiger partial charge in [0.25, 0.3) is 0 Å². The van der Waals surface area contributed by atoms with Crippen LogP contribution in [0.1, 0.15) is 21.4 Å². The molecular weight excluding hydrogens is 327 g/mol. The molecule has 0 radical (unpaired) electrons. The van der Waals surface area contributed by atoms with Crippen LogP contribution in [0, 0.1) is 6.92 Å². The van der Waals surface area contributed by atoms with Gasteiger partial charge in [0.2, 0.25) is 0 Å². The van der Waals surface area contributed by atoms with Gasteiger partial charge >= 0.3 is 0 Å². The average Bonchev–Trinajstić information content (AvgIpc) is 2.58. The standard InChI is InChI=1S/C12H9BrCl2S/c1-7-9(6-11(13)16-7)12(15)8-4-2-3-5-10(8)14/h2-6,12H,1H3. The van der Waals surface area contributed by atoms with Gasteiger partial charge in [-0.2, -0.15) is 0 Å². The molecule has 1 heterocycles. The molecule has 0 amide bonds. The van der Waals surface area contributed by atoms with Gasteiger partial charge in [-0.1, -0.05) is 29.8 Å². The Bertz CT molecular complexity index is 507. The summed E-state index contributed by atoms with van der Waals surface area (Å²) >= 11 is 17.7. The number of thiophene rings is 1. The number of rotatable bonds is 2. The highest BCUT2D eigenvalue weighted by Gasteiger charge is 2.17. The molecule has 0 aliphatic carbocycles. The fourth-order valence-corrected chi connectivity index (χ4v) is 4.09. The second kappa shape index (κ2) is 5.09. The molecule has 1 aromatic carbocycles. The van der Waals surface area contributed by atoms with E-state index in [1.807, 2.05) is 24.3 Å². The summed E-state index contributed by atoms with van der Waals surface area (Å²) in [6.07, 6.45) is 0. The van der Waals surface area contributed by atoms with Gasteiger partial charge < -0.3 is 0 Å². The average molecular weight is 336 g/mol. The third kappa shape index (κ3) is 2.45. The maximum absolute atomic E-state index is 6.46. The fraction of sp³-hybridized carbons (Fsp3) is 0.167. The molecule has 16 heavy (non-hydrogen) atoms. The maximum atomic E-state index is 6.46. The molecule has 0 fully saturated rings. The van der Waals surface area contributed by atoms with Gasteiger partial charge in [0.15, 0.2) is 0 Å². The van der Waals surface area contributed by atoms with Crippen molar-refractivity contribution in [2.24, 2.45) is 0 Å². The van der Waals surface area contributed by atoms with E-state index in [9.17, 15) is 0 Å². The highest BCUT2D eigenvalue weighted by Crippen LogP contribution is 2.39. The van der Waals surface area contributed by atoms with Crippen molar-refractivity contribution >= 4 is 50.5 Å². The van der Waals surface area contributed by atoms with E-state index in [0.717, 1.165) is 14.9 Å². The Balaban J connectivity index is 2.43. The summed E-state index contributed by atoms with van der Waals surface area (Å²) in [6.45, 7) is 2.07. The zero-order valence-corrected chi connectivity index (χ0v) is 12.4. The highest BCUT2D eigenvalue weighted by atomic mass is 79.9. The summed E-state index contributed by atoms with van der Waals surface area (Å²) < 4.78 is 1.10. The molecular formula is C12H9BrCl2S. The van der Waals surface area contributed by atoms with Crippen molar-refractivity contribution in [3.63, 3.8) is 0 Å². The van der Waals surface area contributed by atoms with Crippen LogP contribution in [0.2, 0.25) is 5.02 Å². The third-order valence-corrected chi connectivity index (χ3v) is 4.76. The van der Waals surface area contributed by atoms with Crippen LogP contribution in [0.4, 0.5) is 0 Å². The van der Waals surface area contributed by atoms with E-state index < -0.39 is 0 Å². The molecule has 0 saturated heterocycles. The quantitative estimate of drug-likeness (QED) is 0.608. The molecule has 1 atom stereocenters. The number of hydrogen-bond acceptors (Lipinski definition) is 1. The van der Waals surface area contributed by atoms with Crippen molar-refractivity contribution in [3.05, 3.63) is 55.1 Å². The molecule has 84 valence electrons. The van der Waals surface area contributed by atoms with Crippen LogP contribution < -0.4 is 0 Å². The third-order valence-electron chi connectivity index (χ3n) is 2.38. The van der Waals surface area contributed by atoms with E-state index >= 15 is 0 Å². The van der Waals surface area contributed by atoms with Gasteiger partial charge in [0, 0.05) is 9.90 Å². The van der Waals surface area contributed by atoms with E-state index in [0.29, 0.717) is 5.02 Å². The second-order valence-electron chi connectivity index (χ2n) is 3.45. The number of halogens is 3. The summed E-state index contributed by atoms with van der Waals surface area (Å²) in [5, 5.41) is 0.528. The first-order chi connectivity index (χ1) is 7.59. The Hall–Kier alpha value is -0.0200. The van der Waals surface area contributed by atoms with Crippen molar-refractivity contribution in [2.45, 2.75) is 12.3 Å². The van der Waals surface area contributed by atoms with E-state index in [1.54, 1.807) is 11.3 Å². The minimum absolute atomic E-state index is 0.184. The molecule has 2 rings (SSSR count). The Labute approximate surface area is 117 Å². The van der Waals surface area contributed by atoms with Crippen molar-refractivity contribution in [1.29, 1.82) is 0 Å². The first-order valence-corrected chi connectivity index (χ1v) is 7.16. The molecule has 4 heteroatoms. The summed E-state index contributed by atoms with van der Waals surface area (Å²) in [5.74, 6) is 0. The topological polar surface area (TPSA) is 0 Å². The minimum Gasteiger partial charge on any atom is -0.133 e. The van der Waals surface area contributed by atoms with Crippen molar-refractivity contribution in [2.75, 3.05) is 0 Å². The van der Waals surface area contributed by atoms with Crippen LogP contribution in [0.25, 0.3) is 0 Å². The van der Waals surface area contributed by atoms with Crippen LogP contribution >= 0.6 is 50.5 Å². The monoisotopic (exact) mass is 334 g/mol. The van der Waals surface area contributed by atoms with Gasteiger partial charge in [-0.05, 0) is 46.1 Å². The highest BCUT2D eigenvalue weighted by molar-refractivity contribution is 9.11. The lowest BCUT2D eigenvalue weighted by Gasteiger charge is -2.11. The lowest BCUT2D eigenvalue weighted by molar-refractivity contribution is 1.13. The van der Waals surface area contributed by atoms with Crippen molar-refractivity contribution in [3.8, 4) is 0 Å². The number of hydrogen-bond donors (Lipinski definition) is 0. The van der Waals surface area contributed by atoms with E-state index in [2.05, 4.69) is 28.9 Å². The lowest BCUT2D eigenvalue weighted by Crippen LogP contribution is -1.93. The second-order valence-corrected chi connectivity index (χ2v) is 6.93. The number of benzene rings is 1. The molecule has 0 aliphatic heterocycles. The lowest BCUT2D eigenvalue weighted by atomic mass is 10.1. The molecule has 0 nitrogen and oxygen atoms in total. The smallest absolute Gasteiger partial charge is 0.0860 e. The zero-order chi connectivity index (χ0) is 11.7.